The van der Waals surface area contributed by atoms with Gasteiger partial charge in [0.1, 0.15) is 5.82 Å². The van der Waals surface area contributed by atoms with Crippen molar-refractivity contribution in [1.29, 1.82) is 0 Å². The van der Waals surface area contributed by atoms with Gasteiger partial charge in [0.15, 0.2) is 0 Å². The molecule has 0 aliphatic heterocycles. The van der Waals surface area contributed by atoms with Crippen LogP contribution in [0.1, 0.15) is 55.4 Å². The van der Waals surface area contributed by atoms with Gasteiger partial charge in [-0.05, 0) is 50.1 Å². The van der Waals surface area contributed by atoms with Gasteiger partial charge in [0.05, 0.1) is 23.2 Å². The number of carbonyl (C=O) groups is 1. The number of imidazole rings is 1. The molecule has 1 heterocycles. The molecule has 1 fully saturated rings. The van der Waals surface area contributed by atoms with E-state index in [2.05, 4.69) is 32.6 Å². The minimum absolute atomic E-state index is 0.295. The fraction of sp³-hybridized carbons (Fsp3) is 0.364. The lowest BCUT2D eigenvalue weighted by molar-refractivity contribution is 0.0526. The maximum atomic E-state index is 12.1. The van der Waals surface area contributed by atoms with Crippen molar-refractivity contribution in [1.82, 2.24) is 9.55 Å². The first kappa shape index (κ1) is 18.2. The molecule has 0 unspecified atom stereocenters. The van der Waals surface area contributed by atoms with E-state index in [-0.39, 0.29) is 5.97 Å². The molecular formula is C22H23BrN2O2. The van der Waals surface area contributed by atoms with Crippen molar-refractivity contribution in [2.45, 2.75) is 45.1 Å². The van der Waals surface area contributed by atoms with E-state index in [4.69, 9.17) is 9.72 Å². The maximum absolute atomic E-state index is 12.1. The number of halogens is 1. The summed E-state index contributed by atoms with van der Waals surface area (Å²) in [5, 5.41) is 0. The Kier molecular flexibility index (Phi) is 5.30. The van der Waals surface area contributed by atoms with Crippen molar-refractivity contribution < 1.29 is 9.53 Å². The number of rotatable bonds is 4. The molecule has 3 aromatic rings. The van der Waals surface area contributed by atoms with Gasteiger partial charge in [-0.1, -0.05) is 47.3 Å². The Bertz CT molecular complexity index is 956. The van der Waals surface area contributed by atoms with Gasteiger partial charge in [0.2, 0.25) is 0 Å². The molecule has 5 heteroatoms. The molecule has 1 aliphatic carbocycles. The third-order valence-corrected chi connectivity index (χ3v) is 5.77. The third kappa shape index (κ3) is 3.65. The molecule has 4 nitrogen and oxygen atoms in total. The standard InChI is InChI=1S/C22H23BrN2O2/c1-2-27-22(26)16-10-13-20-19(14-16)24-21(15-8-11-17(23)12-9-15)25(20)18-6-4-3-5-7-18/h8-14,18H,2-7H2,1H3. The highest BCUT2D eigenvalue weighted by molar-refractivity contribution is 9.10. The van der Waals surface area contributed by atoms with Crippen LogP contribution in [0.3, 0.4) is 0 Å². The Morgan fingerprint density at radius 3 is 2.59 bits per heavy atom. The number of carbonyl (C=O) groups excluding carboxylic acids is 1. The summed E-state index contributed by atoms with van der Waals surface area (Å²) < 4.78 is 8.58. The number of nitrogens with zero attached hydrogens (tertiary/aromatic N) is 2. The number of benzene rings is 2. The molecule has 0 bridgehead atoms. The fourth-order valence-corrected chi connectivity index (χ4v) is 4.22. The van der Waals surface area contributed by atoms with Crippen molar-refractivity contribution in [3.8, 4) is 11.4 Å². The van der Waals surface area contributed by atoms with Gasteiger partial charge in [0.25, 0.3) is 0 Å². The molecule has 0 saturated heterocycles. The average Bonchev–Trinajstić information content (AvgIpc) is 3.08. The second-order valence-electron chi connectivity index (χ2n) is 7.03. The highest BCUT2D eigenvalue weighted by Crippen LogP contribution is 2.36. The Balaban J connectivity index is 1.85. The van der Waals surface area contributed by atoms with Gasteiger partial charge >= 0.3 is 5.97 Å². The number of aromatic nitrogens is 2. The van der Waals surface area contributed by atoms with E-state index in [0.717, 1.165) is 26.9 Å². The molecule has 0 spiro atoms. The summed E-state index contributed by atoms with van der Waals surface area (Å²) >= 11 is 3.51. The van der Waals surface area contributed by atoms with Crippen LogP contribution in [0.15, 0.2) is 46.9 Å². The molecule has 1 aliphatic rings. The summed E-state index contributed by atoms with van der Waals surface area (Å²) in [5.41, 5.74) is 3.59. The summed E-state index contributed by atoms with van der Waals surface area (Å²) in [6, 6.07) is 14.5. The first-order chi connectivity index (χ1) is 13.2. The zero-order chi connectivity index (χ0) is 18.8. The molecule has 0 radical (unpaired) electrons. The van der Waals surface area contributed by atoms with Crippen LogP contribution >= 0.6 is 15.9 Å². The predicted octanol–water partition coefficient (Wildman–Crippen LogP) is 6.15. The Hall–Kier alpha value is -2.14. The predicted molar refractivity (Wildman–Crippen MR) is 111 cm³/mol. The highest BCUT2D eigenvalue weighted by atomic mass is 79.9. The van der Waals surface area contributed by atoms with Crippen LogP contribution in [0.2, 0.25) is 0 Å². The lowest BCUT2D eigenvalue weighted by Gasteiger charge is -2.25. The van der Waals surface area contributed by atoms with Crippen LogP contribution in [0, 0.1) is 0 Å². The van der Waals surface area contributed by atoms with Crippen LogP contribution in [0.4, 0.5) is 0 Å². The van der Waals surface area contributed by atoms with Gasteiger partial charge in [-0.2, -0.15) is 0 Å². The highest BCUT2D eigenvalue weighted by Gasteiger charge is 2.23. The number of hydrogen-bond acceptors (Lipinski definition) is 3. The topological polar surface area (TPSA) is 44.1 Å². The van der Waals surface area contributed by atoms with Crippen LogP contribution in [-0.2, 0) is 4.74 Å². The largest absolute Gasteiger partial charge is 0.462 e. The molecule has 2 aromatic carbocycles. The van der Waals surface area contributed by atoms with Crippen LogP contribution < -0.4 is 0 Å². The van der Waals surface area contributed by atoms with E-state index in [1.807, 2.05) is 37.3 Å². The molecule has 27 heavy (non-hydrogen) atoms. The molecule has 0 N–H and O–H groups in total. The zero-order valence-corrected chi connectivity index (χ0v) is 17.0. The minimum atomic E-state index is -0.295. The van der Waals surface area contributed by atoms with Gasteiger partial charge in [-0.15, -0.1) is 0 Å². The normalized spacial score (nSPS) is 15.2. The summed E-state index contributed by atoms with van der Waals surface area (Å²) in [7, 11) is 0. The van der Waals surface area contributed by atoms with Gasteiger partial charge < -0.3 is 9.30 Å². The maximum Gasteiger partial charge on any atom is 0.338 e. The zero-order valence-electron chi connectivity index (χ0n) is 15.5. The van der Waals surface area contributed by atoms with E-state index in [0.29, 0.717) is 18.2 Å². The average molecular weight is 427 g/mol. The molecule has 0 amide bonds. The van der Waals surface area contributed by atoms with E-state index in [1.165, 1.54) is 32.1 Å². The Morgan fingerprint density at radius 1 is 1.15 bits per heavy atom. The van der Waals surface area contributed by atoms with Crippen molar-refractivity contribution in [3.63, 3.8) is 0 Å². The molecule has 4 rings (SSSR count). The first-order valence-electron chi connectivity index (χ1n) is 9.62. The van der Waals surface area contributed by atoms with Crippen LogP contribution in [0.5, 0.6) is 0 Å². The third-order valence-electron chi connectivity index (χ3n) is 5.24. The molecule has 1 aromatic heterocycles. The minimum Gasteiger partial charge on any atom is -0.462 e. The first-order valence-corrected chi connectivity index (χ1v) is 10.4. The summed E-state index contributed by atoms with van der Waals surface area (Å²) in [5.74, 6) is 0.683. The van der Waals surface area contributed by atoms with Crippen molar-refractivity contribution in [2.75, 3.05) is 6.61 Å². The van der Waals surface area contributed by atoms with Crippen LogP contribution in [-0.4, -0.2) is 22.1 Å². The van der Waals surface area contributed by atoms with E-state index < -0.39 is 0 Å². The summed E-state index contributed by atoms with van der Waals surface area (Å²) in [6.07, 6.45) is 6.17. The lowest BCUT2D eigenvalue weighted by Crippen LogP contribution is -2.14. The summed E-state index contributed by atoms with van der Waals surface area (Å²) in [4.78, 5) is 17.1. The molecular weight excluding hydrogens is 404 g/mol. The Labute approximate surface area is 167 Å². The molecule has 1 saturated carbocycles. The van der Waals surface area contributed by atoms with E-state index in [9.17, 15) is 4.79 Å². The Morgan fingerprint density at radius 2 is 1.89 bits per heavy atom. The lowest BCUT2D eigenvalue weighted by atomic mass is 9.95. The smallest absolute Gasteiger partial charge is 0.338 e. The van der Waals surface area contributed by atoms with E-state index >= 15 is 0 Å². The number of hydrogen-bond donors (Lipinski definition) is 0. The second-order valence-corrected chi connectivity index (χ2v) is 7.94. The number of fused-ring (bicyclic) bond motifs is 1. The van der Waals surface area contributed by atoms with Crippen molar-refractivity contribution >= 4 is 32.9 Å². The number of ether oxygens (including phenoxy) is 1. The van der Waals surface area contributed by atoms with Crippen molar-refractivity contribution in [3.05, 3.63) is 52.5 Å². The van der Waals surface area contributed by atoms with Gasteiger partial charge in [0, 0.05) is 16.1 Å². The van der Waals surface area contributed by atoms with E-state index in [1.54, 1.807) is 0 Å². The number of esters is 1. The SMILES string of the molecule is CCOC(=O)c1ccc2c(c1)nc(-c1ccc(Br)cc1)n2C1CCCCC1. The van der Waals surface area contributed by atoms with Gasteiger partial charge in [-0.25, -0.2) is 9.78 Å². The van der Waals surface area contributed by atoms with Gasteiger partial charge in [-0.3, -0.25) is 0 Å². The summed E-state index contributed by atoms with van der Waals surface area (Å²) in [6.45, 7) is 2.19. The van der Waals surface area contributed by atoms with Crippen LogP contribution in [0.25, 0.3) is 22.4 Å². The monoisotopic (exact) mass is 426 g/mol. The molecule has 140 valence electrons. The fourth-order valence-electron chi connectivity index (χ4n) is 3.95. The molecule has 0 atom stereocenters. The second kappa shape index (κ2) is 7.85. The quantitative estimate of drug-likeness (QED) is 0.470. The van der Waals surface area contributed by atoms with Crippen molar-refractivity contribution in [2.24, 2.45) is 0 Å².